The summed E-state index contributed by atoms with van der Waals surface area (Å²) in [5.74, 6) is -3.34. The molecule has 0 spiro atoms. The average Bonchev–Trinajstić information content (AvgIpc) is 2.90. The van der Waals surface area contributed by atoms with Gasteiger partial charge in [0.25, 0.3) is 10.0 Å². The number of aromatic carboxylic acids is 1. The first kappa shape index (κ1) is 15.1. The molecule has 0 aliphatic heterocycles. The van der Waals surface area contributed by atoms with Crippen LogP contribution in [0.25, 0.3) is 10.9 Å². The summed E-state index contributed by atoms with van der Waals surface area (Å²) < 4.78 is 52.4. The number of carbonyl (C=O) groups is 1. The number of fused-ring (bicyclic) bond motifs is 1. The van der Waals surface area contributed by atoms with Crippen LogP contribution in [0.1, 0.15) is 10.4 Å². The molecule has 1 aromatic carbocycles. The predicted octanol–water partition coefficient (Wildman–Crippen LogP) is 2.25. The number of carboxylic acid groups (broad SMARTS) is 1. The van der Waals surface area contributed by atoms with Gasteiger partial charge in [-0.1, -0.05) is 0 Å². The highest BCUT2D eigenvalue weighted by atomic mass is 32.2. The van der Waals surface area contributed by atoms with Crippen molar-refractivity contribution in [2.45, 2.75) is 4.90 Å². The van der Waals surface area contributed by atoms with E-state index in [9.17, 15) is 22.0 Å². The van der Waals surface area contributed by atoms with E-state index in [-0.39, 0.29) is 16.5 Å². The van der Waals surface area contributed by atoms with Crippen LogP contribution < -0.4 is 0 Å². The molecule has 2 heterocycles. The fraction of sp³-hybridized carbons (Fsp3) is 0. The number of rotatable bonds is 3. The third-order valence-electron chi connectivity index (χ3n) is 3.20. The number of hydrogen-bond acceptors (Lipinski definition) is 4. The standard InChI is InChI=1S/C14H8F2N2O4S/c15-8-3-9(16)5-10(4-8)23(21,22)18-2-1-11-12(14(19)20)6-17-7-13(11)18/h1-7H,(H,19,20). The Hall–Kier alpha value is -2.81. The zero-order valence-corrected chi connectivity index (χ0v) is 12.1. The molecule has 0 fully saturated rings. The number of halogens is 2. The molecule has 0 amide bonds. The van der Waals surface area contributed by atoms with E-state index < -0.39 is 32.5 Å². The van der Waals surface area contributed by atoms with Gasteiger partial charge in [-0.15, -0.1) is 0 Å². The van der Waals surface area contributed by atoms with Crippen molar-refractivity contribution in [3.05, 3.63) is 60.1 Å². The minimum Gasteiger partial charge on any atom is -0.478 e. The summed E-state index contributed by atoms with van der Waals surface area (Å²) in [5.41, 5.74) is -0.184. The van der Waals surface area contributed by atoms with Crippen molar-refractivity contribution in [2.24, 2.45) is 0 Å². The molecule has 0 bridgehead atoms. The molecule has 0 atom stereocenters. The lowest BCUT2D eigenvalue weighted by molar-refractivity contribution is 0.0698. The monoisotopic (exact) mass is 338 g/mol. The Kier molecular flexibility index (Phi) is 3.37. The largest absolute Gasteiger partial charge is 0.478 e. The quantitative estimate of drug-likeness (QED) is 0.791. The number of aromatic nitrogens is 2. The van der Waals surface area contributed by atoms with Gasteiger partial charge in [0.15, 0.2) is 0 Å². The maximum Gasteiger partial charge on any atom is 0.337 e. The van der Waals surface area contributed by atoms with Gasteiger partial charge in [-0.25, -0.2) is 26.0 Å². The second-order valence-corrected chi connectivity index (χ2v) is 6.46. The van der Waals surface area contributed by atoms with Gasteiger partial charge < -0.3 is 5.11 Å². The molecule has 9 heteroatoms. The number of nitrogens with zero attached hydrogens (tertiary/aromatic N) is 2. The Bertz CT molecular complexity index is 1020. The first-order valence-corrected chi connectivity index (χ1v) is 7.65. The molecule has 118 valence electrons. The molecule has 3 aromatic rings. The topological polar surface area (TPSA) is 89.3 Å². The maximum atomic E-state index is 13.3. The highest BCUT2D eigenvalue weighted by Crippen LogP contribution is 2.24. The van der Waals surface area contributed by atoms with E-state index in [1.807, 2.05) is 0 Å². The lowest BCUT2D eigenvalue weighted by atomic mass is 10.2. The smallest absolute Gasteiger partial charge is 0.337 e. The van der Waals surface area contributed by atoms with Crippen LogP contribution in [0.4, 0.5) is 8.78 Å². The van der Waals surface area contributed by atoms with Gasteiger partial charge in [-0.2, -0.15) is 0 Å². The van der Waals surface area contributed by atoms with Gasteiger partial charge in [-0.05, 0) is 18.2 Å². The van der Waals surface area contributed by atoms with Crippen LogP contribution in [0.2, 0.25) is 0 Å². The third-order valence-corrected chi connectivity index (χ3v) is 4.87. The maximum absolute atomic E-state index is 13.3. The normalized spacial score (nSPS) is 11.7. The summed E-state index contributed by atoms with van der Waals surface area (Å²) in [6.07, 6.45) is 3.36. The Morgan fingerprint density at radius 1 is 1.13 bits per heavy atom. The van der Waals surface area contributed by atoms with Crippen molar-refractivity contribution in [2.75, 3.05) is 0 Å². The van der Waals surface area contributed by atoms with Gasteiger partial charge in [0, 0.05) is 23.8 Å². The highest BCUT2D eigenvalue weighted by Gasteiger charge is 2.22. The molecule has 0 aliphatic rings. The van der Waals surface area contributed by atoms with Gasteiger partial charge in [0.05, 0.1) is 22.2 Å². The molecular weight excluding hydrogens is 330 g/mol. The van der Waals surface area contributed by atoms with E-state index in [2.05, 4.69) is 4.98 Å². The Balaban J connectivity index is 2.27. The molecule has 0 radical (unpaired) electrons. The minimum absolute atomic E-state index is 0.00503. The molecule has 23 heavy (non-hydrogen) atoms. The van der Waals surface area contributed by atoms with Gasteiger partial charge in [0.2, 0.25) is 0 Å². The van der Waals surface area contributed by atoms with Crippen LogP contribution in [0.5, 0.6) is 0 Å². The molecular formula is C14H8F2N2O4S. The number of hydrogen-bond donors (Lipinski definition) is 1. The summed E-state index contributed by atoms with van der Waals surface area (Å²) in [6, 6.07) is 3.20. The van der Waals surface area contributed by atoms with E-state index in [0.29, 0.717) is 18.2 Å². The second-order valence-electron chi connectivity index (χ2n) is 4.65. The Morgan fingerprint density at radius 2 is 1.78 bits per heavy atom. The van der Waals surface area contributed by atoms with Crippen molar-refractivity contribution >= 4 is 26.9 Å². The lowest BCUT2D eigenvalue weighted by Gasteiger charge is -2.08. The van der Waals surface area contributed by atoms with Gasteiger partial charge in [0.1, 0.15) is 11.6 Å². The van der Waals surface area contributed by atoms with E-state index in [4.69, 9.17) is 5.11 Å². The fourth-order valence-electron chi connectivity index (χ4n) is 2.20. The van der Waals surface area contributed by atoms with Gasteiger partial charge in [-0.3, -0.25) is 4.98 Å². The van der Waals surface area contributed by atoms with Crippen LogP contribution in [-0.4, -0.2) is 28.5 Å². The number of benzene rings is 1. The summed E-state index contributed by atoms with van der Waals surface area (Å²) >= 11 is 0. The third kappa shape index (κ3) is 2.44. The highest BCUT2D eigenvalue weighted by molar-refractivity contribution is 7.90. The summed E-state index contributed by atoms with van der Waals surface area (Å²) in [5, 5.41) is 9.23. The fourth-order valence-corrected chi connectivity index (χ4v) is 3.58. The molecule has 0 unspecified atom stereocenters. The van der Waals surface area contributed by atoms with Gasteiger partial charge >= 0.3 is 5.97 Å². The first-order valence-electron chi connectivity index (χ1n) is 6.21. The van der Waals surface area contributed by atoms with Crippen molar-refractivity contribution in [1.82, 2.24) is 8.96 Å². The molecule has 3 rings (SSSR count). The minimum atomic E-state index is -4.31. The summed E-state index contributed by atoms with van der Waals surface area (Å²) in [7, 11) is -4.31. The number of pyridine rings is 1. The Morgan fingerprint density at radius 3 is 2.39 bits per heavy atom. The van der Waals surface area contributed by atoms with Crippen molar-refractivity contribution in [3.63, 3.8) is 0 Å². The molecule has 0 aliphatic carbocycles. The summed E-state index contributed by atoms with van der Waals surface area (Å²) in [6.45, 7) is 0. The van der Waals surface area contributed by atoms with Crippen LogP contribution in [0.3, 0.4) is 0 Å². The molecule has 2 aromatic heterocycles. The van der Waals surface area contributed by atoms with Crippen LogP contribution in [0, 0.1) is 11.6 Å². The van der Waals surface area contributed by atoms with Crippen molar-refractivity contribution in [3.8, 4) is 0 Å². The lowest BCUT2D eigenvalue weighted by Crippen LogP contribution is -2.13. The van der Waals surface area contributed by atoms with E-state index in [0.717, 1.165) is 22.6 Å². The van der Waals surface area contributed by atoms with Crippen molar-refractivity contribution in [1.29, 1.82) is 0 Å². The zero-order chi connectivity index (χ0) is 16.8. The Labute approximate surface area is 128 Å². The van der Waals surface area contributed by atoms with E-state index >= 15 is 0 Å². The molecule has 0 saturated heterocycles. The summed E-state index contributed by atoms with van der Waals surface area (Å²) in [4.78, 5) is 14.2. The predicted molar refractivity (Wildman–Crippen MR) is 75.6 cm³/mol. The molecule has 1 N–H and O–H groups in total. The van der Waals surface area contributed by atoms with E-state index in [1.54, 1.807) is 0 Å². The van der Waals surface area contributed by atoms with Crippen LogP contribution >= 0.6 is 0 Å². The van der Waals surface area contributed by atoms with Crippen LogP contribution in [-0.2, 0) is 10.0 Å². The molecule has 6 nitrogen and oxygen atoms in total. The van der Waals surface area contributed by atoms with Crippen molar-refractivity contribution < 1.29 is 27.1 Å². The zero-order valence-electron chi connectivity index (χ0n) is 11.3. The molecule has 0 saturated carbocycles. The SMILES string of the molecule is O=C(O)c1cncc2c1ccn2S(=O)(=O)c1cc(F)cc(F)c1. The first-order chi connectivity index (χ1) is 10.8. The number of carboxylic acids is 1. The van der Waals surface area contributed by atoms with E-state index in [1.165, 1.54) is 6.07 Å². The van der Waals surface area contributed by atoms with Crippen LogP contribution in [0.15, 0.2) is 47.8 Å². The second kappa shape index (κ2) is 5.13. The average molecular weight is 338 g/mol.